The topological polar surface area (TPSA) is 39.7 Å². The molecular weight excluding hydrogens is 312 g/mol. The van der Waals surface area contributed by atoms with E-state index in [9.17, 15) is 4.79 Å². The van der Waals surface area contributed by atoms with Crippen LogP contribution >= 0.6 is 0 Å². The number of hydrogen-bond acceptors (Lipinski definition) is 3. The van der Waals surface area contributed by atoms with Crippen molar-refractivity contribution in [1.29, 1.82) is 0 Å². The summed E-state index contributed by atoms with van der Waals surface area (Å²) >= 11 is 0. The van der Waals surface area contributed by atoms with E-state index in [1.165, 1.54) is 32.1 Å². The molecule has 3 aliphatic heterocycles. The summed E-state index contributed by atoms with van der Waals surface area (Å²) in [4.78, 5) is 24.2. The van der Waals surface area contributed by atoms with Gasteiger partial charge in [-0.15, -0.1) is 0 Å². The molecular formula is C20H28N4O. The molecule has 1 saturated carbocycles. The van der Waals surface area contributed by atoms with Crippen LogP contribution in [-0.2, 0) is 0 Å². The second kappa shape index (κ2) is 5.89. The lowest BCUT2D eigenvalue weighted by molar-refractivity contribution is 0.163. The molecule has 4 fully saturated rings. The Hall–Kier alpha value is -1.78. The van der Waals surface area contributed by atoms with Crippen molar-refractivity contribution in [3.8, 4) is 0 Å². The average molecular weight is 340 g/mol. The van der Waals surface area contributed by atoms with Crippen LogP contribution in [0.2, 0.25) is 0 Å². The molecule has 5 nitrogen and oxygen atoms in total. The highest BCUT2D eigenvalue weighted by Gasteiger charge is 2.46. The molecule has 1 aliphatic carbocycles. The van der Waals surface area contributed by atoms with Crippen molar-refractivity contribution in [1.82, 2.24) is 14.8 Å². The van der Waals surface area contributed by atoms with Gasteiger partial charge in [0, 0.05) is 57.3 Å². The molecule has 5 heteroatoms. The third-order valence-electron chi connectivity index (χ3n) is 7.10. The van der Waals surface area contributed by atoms with Gasteiger partial charge in [-0.05, 0) is 36.8 Å². The minimum Gasteiger partial charge on any atom is -0.356 e. The summed E-state index contributed by atoms with van der Waals surface area (Å²) in [5.74, 6) is 2.29. The van der Waals surface area contributed by atoms with Gasteiger partial charge in [-0.1, -0.05) is 18.9 Å². The van der Waals surface area contributed by atoms with Crippen molar-refractivity contribution in [2.24, 2.45) is 17.3 Å². The quantitative estimate of drug-likeness (QED) is 0.789. The third-order valence-corrected chi connectivity index (χ3v) is 7.10. The van der Waals surface area contributed by atoms with Gasteiger partial charge in [0.1, 0.15) is 5.82 Å². The van der Waals surface area contributed by atoms with Gasteiger partial charge in [-0.2, -0.15) is 0 Å². The molecule has 4 heterocycles. The molecule has 0 bridgehead atoms. The summed E-state index contributed by atoms with van der Waals surface area (Å²) in [6.45, 7) is 5.92. The first-order chi connectivity index (χ1) is 12.2. The first kappa shape index (κ1) is 15.5. The summed E-state index contributed by atoms with van der Waals surface area (Å²) in [6, 6.07) is 6.42. The highest BCUT2D eigenvalue weighted by molar-refractivity contribution is 5.75. The molecule has 1 aromatic rings. The fourth-order valence-electron chi connectivity index (χ4n) is 5.71. The van der Waals surface area contributed by atoms with Crippen LogP contribution in [0, 0.1) is 17.3 Å². The smallest absolute Gasteiger partial charge is 0.320 e. The average Bonchev–Trinajstić information content (AvgIpc) is 3.40. The maximum absolute atomic E-state index is 13.0. The monoisotopic (exact) mass is 340 g/mol. The summed E-state index contributed by atoms with van der Waals surface area (Å²) < 4.78 is 0. The van der Waals surface area contributed by atoms with Crippen LogP contribution < -0.4 is 4.90 Å². The number of pyridine rings is 1. The zero-order chi connectivity index (χ0) is 16.9. The number of hydrogen-bond donors (Lipinski definition) is 0. The molecule has 0 N–H and O–H groups in total. The number of urea groups is 1. The number of anilines is 1. The normalized spacial score (nSPS) is 30.5. The molecule has 2 atom stereocenters. The lowest BCUT2D eigenvalue weighted by Gasteiger charge is -2.28. The number of amides is 2. The number of fused-ring (bicyclic) bond motifs is 1. The van der Waals surface area contributed by atoms with Crippen molar-refractivity contribution in [2.75, 3.05) is 44.2 Å². The zero-order valence-electron chi connectivity index (χ0n) is 14.9. The molecule has 0 aromatic carbocycles. The van der Waals surface area contributed by atoms with Crippen LogP contribution in [0.5, 0.6) is 0 Å². The zero-order valence-corrected chi connectivity index (χ0v) is 14.9. The van der Waals surface area contributed by atoms with Gasteiger partial charge < -0.3 is 14.7 Å². The fraction of sp³-hybridized carbons (Fsp3) is 0.700. The number of nitrogens with zero attached hydrogens (tertiary/aromatic N) is 4. The van der Waals surface area contributed by atoms with E-state index in [1.807, 2.05) is 12.3 Å². The number of aromatic nitrogens is 1. The standard InChI is InChI=1S/C20H28N4O/c25-19(22-10-8-20(15-22)6-2-3-7-20)24-13-16-11-23(12-17(16)14-24)18-5-1-4-9-21-18/h1,4-5,9,16-17H,2-3,6-8,10-15H2/t16-,17+. The Morgan fingerprint density at radius 1 is 1.00 bits per heavy atom. The van der Waals surface area contributed by atoms with Crippen LogP contribution in [0.1, 0.15) is 32.1 Å². The van der Waals surface area contributed by atoms with Crippen LogP contribution in [-0.4, -0.2) is 60.1 Å². The Morgan fingerprint density at radius 2 is 1.76 bits per heavy atom. The maximum Gasteiger partial charge on any atom is 0.320 e. The van der Waals surface area contributed by atoms with Crippen molar-refractivity contribution < 1.29 is 4.79 Å². The van der Waals surface area contributed by atoms with E-state index in [0.717, 1.165) is 45.1 Å². The predicted octanol–water partition coefficient (Wildman–Crippen LogP) is 2.84. The first-order valence-electron chi connectivity index (χ1n) is 9.92. The van der Waals surface area contributed by atoms with Gasteiger partial charge in [0.25, 0.3) is 0 Å². The minimum atomic E-state index is 0.308. The minimum absolute atomic E-state index is 0.308. The SMILES string of the molecule is O=C(N1C[C@@H]2CN(c3ccccn3)C[C@@H]2C1)N1CCC2(CCCC2)C1. The lowest BCUT2D eigenvalue weighted by Crippen LogP contribution is -2.43. The molecule has 2 amide bonds. The highest BCUT2D eigenvalue weighted by atomic mass is 16.2. The molecule has 5 rings (SSSR count). The van der Waals surface area contributed by atoms with E-state index < -0.39 is 0 Å². The van der Waals surface area contributed by atoms with Gasteiger partial charge in [0.15, 0.2) is 0 Å². The van der Waals surface area contributed by atoms with E-state index in [0.29, 0.717) is 23.3 Å². The van der Waals surface area contributed by atoms with Gasteiger partial charge in [0.2, 0.25) is 0 Å². The number of carbonyl (C=O) groups excluding carboxylic acids is 1. The second-order valence-corrected chi connectivity index (χ2v) is 8.68. The Kier molecular flexibility index (Phi) is 3.64. The van der Waals surface area contributed by atoms with E-state index in [4.69, 9.17) is 0 Å². The van der Waals surface area contributed by atoms with Gasteiger partial charge in [-0.3, -0.25) is 0 Å². The summed E-state index contributed by atoms with van der Waals surface area (Å²) in [5.41, 5.74) is 0.473. The van der Waals surface area contributed by atoms with E-state index in [2.05, 4.69) is 31.8 Å². The Labute approximate surface area is 150 Å². The summed E-state index contributed by atoms with van der Waals surface area (Å²) in [7, 11) is 0. The lowest BCUT2D eigenvalue weighted by atomic mass is 9.86. The summed E-state index contributed by atoms with van der Waals surface area (Å²) in [6.07, 6.45) is 8.49. The van der Waals surface area contributed by atoms with Crippen LogP contribution in [0.4, 0.5) is 10.6 Å². The van der Waals surface area contributed by atoms with Gasteiger partial charge >= 0.3 is 6.03 Å². The molecule has 134 valence electrons. The van der Waals surface area contributed by atoms with Crippen molar-refractivity contribution in [2.45, 2.75) is 32.1 Å². The molecule has 0 radical (unpaired) electrons. The largest absolute Gasteiger partial charge is 0.356 e. The molecule has 0 unspecified atom stereocenters. The van der Waals surface area contributed by atoms with Gasteiger partial charge in [0.05, 0.1) is 0 Å². The van der Waals surface area contributed by atoms with Crippen molar-refractivity contribution >= 4 is 11.8 Å². The van der Waals surface area contributed by atoms with Crippen LogP contribution in [0.15, 0.2) is 24.4 Å². The molecule has 1 spiro atoms. The molecule has 25 heavy (non-hydrogen) atoms. The van der Waals surface area contributed by atoms with Gasteiger partial charge in [-0.25, -0.2) is 9.78 Å². The van der Waals surface area contributed by atoms with Crippen molar-refractivity contribution in [3.63, 3.8) is 0 Å². The maximum atomic E-state index is 13.0. The van der Waals surface area contributed by atoms with E-state index in [1.54, 1.807) is 0 Å². The molecule has 1 aromatic heterocycles. The van der Waals surface area contributed by atoms with Crippen LogP contribution in [0.25, 0.3) is 0 Å². The highest BCUT2D eigenvalue weighted by Crippen LogP contribution is 2.45. The number of rotatable bonds is 1. The first-order valence-corrected chi connectivity index (χ1v) is 9.92. The predicted molar refractivity (Wildman–Crippen MR) is 97.5 cm³/mol. The molecule has 4 aliphatic rings. The fourth-order valence-corrected chi connectivity index (χ4v) is 5.71. The Bertz CT molecular complexity index is 628. The van der Waals surface area contributed by atoms with E-state index in [-0.39, 0.29) is 0 Å². The van der Waals surface area contributed by atoms with Crippen LogP contribution in [0.3, 0.4) is 0 Å². The number of carbonyl (C=O) groups is 1. The Morgan fingerprint density at radius 3 is 2.44 bits per heavy atom. The second-order valence-electron chi connectivity index (χ2n) is 8.68. The third kappa shape index (κ3) is 2.68. The number of likely N-dealkylation sites (tertiary alicyclic amines) is 2. The molecule has 3 saturated heterocycles. The van der Waals surface area contributed by atoms with E-state index >= 15 is 0 Å². The van der Waals surface area contributed by atoms with Crippen molar-refractivity contribution in [3.05, 3.63) is 24.4 Å². The summed E-state index contributed by atoms with van der Waals surface area (Å²) in [5, 5.41) is 0. The Balaban J connectivity index is 1.19.